The van der Waals surface area contributed by atoms with Crippen molar-refractivity contribution in [2.24, 2.45) is 0 Å². The molecule has 13 heteroatoms. The zero-order chi connectivity index (χ0) is 24.2. The molecule has 0 N–H and O–H groups in total. The zero-order valence-electron chi connectivity index (χ0n) is 16.4. The van der Waals surface area contributed by atoms with Crippen LogP contribution in [0.15, 0.2) is 35.2 Å². The maximum Gasteiger partial charge on any atom is 0.416 e. The zero-order valence-corrected chi connectivity index (χ0v) is 17.2. The molecule has 174 valence electrons. The van der Waals surface area contributed by atoms with Crippen molar-refractivity contribution in [2.75, 3.05) is 7.11 Å². The molecule has 0 spiro atoms. The first-order chi connectivity index (χ1) is 14.0. The van der Waals surface area contributed by atoms with E-state index in [-0.39, 0.29) is 18.2 Å². The fourth-order valence-corrected chi connectivity index (χ4v) is 3.85. The van der Waals surface area contributed by atoms with E-state index in [0.29, 0.717) is 0 Å². The van der Waals surface area contributed by atoms with Gasteiger partial charge in [0.15, 0.2) is 15.1 Å². The third kappa shape index (κ3) is 7.26. The summed E-state index contributed by atoms with van der Waals surface area (Å²) in [4.78, 5) is 22.1. The lowest BCUT2D eigenvalue weighted by Gasteiger charge is -2.19. The maximum absolute atomic E-state index is 13.1. The standard InChI is InChI=1S/C18H18F6O6S/c1-10(2)30-16(26)14(5-4-6-15(25)29-3)31(27,28)13-8-11(17(19,20)21)7-12(9-13)18(22,23)24/h4,6-10,14H,5H2,1-3H3/b6-4+. The third-order valence-corrected chi connectivity index (χ3v) is 5.71. The number of ether oxygens (including phenoxy) is 2. The predicted octanol–water partition coefficient (Wildman–Crippen LogP) is 3.94. The van der Waals surface area contributed by atoms with E-state index in [1.54, 1.807) is 0 Å². The number of esters is 2. The average molecular weight is 476 g/mol. The molecule has 0 aliphatic carbocycles. The van der Waals surface area contributed by atoms with Gasteiger partial charge in [-0.1, -0.05) is 6.08 Å². The summed E-state index contributed by atoms with van der Waals surface area (Å²) in [5.41, 5.74) is -3.72. The van der Waals surface area contributed by atoms with E-state index in [9.17, 15) is 44.3 Å². The average Bonchev–Trinajstić information content (AvgIpc) is 2.62. The Hall–Kier alpha value is -2.57. The topological polar surface area (TPSA) is 86.7 Å². The summed E-state index contributed by atoms with van der Waals surface area (Å²) in [5.74, 6) is -2.33. The lowest BCUT2D eigenvalue weighted by atomic mass is 10.1. The van der Waals surface area contributed by atoms with E-state index >= 15 is 0 Å². The molecular formula is C18H18F6O6S. The highest BCUT2D eigenvalue weighted by molar-refractivity contribution is 7.92. The van der Waals surface area contributed by atoms with Crippen LogP contribution in [0.1, 0.15) is 31.4 Å². The number of carbonyl (C=O) groups is 2. The number of hydrogen-bond acceptors (Lipinski definition) is 6. The minimum atomic E-state index is -5.29. The highest BCUT2D eigenvalue weighted by Gasteiger charge is 2.41. The largest absolute Gasteiger partial charge is 0.466 e. The highest BCUT2D eigenvalue weighted by atomic mass is 32.2. The number of methoxy groups -OCH3 is 1. The first-order valence-corrected chi connectivity index (χ1v) is 10.0. The summed E-state index contributed by atoms with van der Waals surface area (Å²) in [6, 6.07) is -0.230. The van der Waals surface area contributed by atoms with Gasteiger partial charge in [-0.25, -0.2) is 13.2 Å². The molecule has 0 aliphatic rings. The monoisotopic (exact) mass is 476 g/mol. The van der Waals surface area contributed by atoms with Crippen LogP contribution in [0.3, 0.4) is 0 Å². The van der Waals surface area contributed by atoms with Crippen molar-refractivity contribution in [2.45, 2.75) is 48.9 Å². The van der Waals surface area contributed by atoms with E-state index in [2.05, 4.69) is 4.74 Å². The SMILES string of the molecule is COC(=O)/C=C/CC(C(=O)OC(C)C)S(=O)(=O)c1cc(C(F)(F)F)cc(C(F)(F)F)c1. The van der Waals surface area contributed by atoms with Gasteiger partial charge in [0.05, 0.1) is 29.2 Å². The molecule has 0 fully saturated rings. The van der Waals surface area contributed by atoms with Crippen LogP contribution in [-0.2, 0) is 41.3 Å². The van der Waals surface area contributed by atoms with Crippen LogP contribution in [0.25, 0.3) is 0 Å². The Bertz CT molecular complexity index is 915. The number of hydrogen-bond donors (Lipinski definition) is 0. The molecule has 0 heterocycles. The second kappa shape index (κ2) is 9.71. The summed E-state index contributed by atoms with van der Waals surface area (Å²) in [7, 11) is -4.08. The van der Waals surface area contributed by atoms with Crippen molar-refractivity contribution in [3.8, 4) is 0 Å². The smallest absolute Gasteiger partial charge is 0.416 e. The van der Waals surface area contributed by atoms with Crippen molar-refractivity contribution in [1.82, 2.24) is 0 Å². The number of benzene rings is 1. The Morgan fingerprint density at radius 2 is 1.48 bits per heavy atom. The predicted molar refractivity (Wildman–Crippen MR) is 94.4 cm³/mol. The number of carbonyl (C=O) groups excluding carboxylic acids is 2. The van der Waals surface area contributed by atoms with Gasteiger partial charge in [-0.15, -0.1) is 0 Å². The van der Waals surface area contributed by atoms with Crippen molar-refractivity contribution >= 4 is 21.8 Å². The van der Waals surface area contributed by atoms with Crippen LogP contribution in [0, 0.1) is 0 Å². The minimum Gasteiger partial charge on any atom is -0.466 e. The number of halogens is 6. The van der Waals surface area contributed by atoms with E-state index in [4.69, 9.17) is 4.74 Å². The first-order valence-electron chi connectivity index (χ1n) is 8.48. The Kier molecular flexibility index (Phi) is 8.29. The molecule has 6 nitrogen and oxygen atoms in total. The molecule has 0 radical (unpaired) electrons. The first kappa shape index (κ1) is 26.5. The molecule has 0 aliphatic heterocycles. The fraction of sp³-hybridized carbons (Fsp3) is 0.444. The Labute approximate surface area is 173 Å². The molecule has 0 amide bonds. The van der Waals surface area contributed by atoms with E-state index in [0.717, 1.165) is 19.3 Å². The number of rotatable bonds is 7. The second-order valence-corrected chi connectivity index (χ2v) is 8.55. The van der Waals surface area contributed by atoms with Crippen LogP contribution in [0.5, 0.6) is 0 Å². The molecule has 0 saturated carbocycles. The van der Waals surface area contributed by atoms with E-state index in [1.165, 1.54) is 13.8 Å². The van der Waals surface area contributed by atoms with Gasteiger partial charge in [0.25, 0.3) is 0 Å². The van der Waals surface area contributed by atoms with Gasteiger partial charge < -0.3 is 9.47 Å². The normalized spacial score (nSPS) is 14.0. The van der Waals surface area contributed by atoms with Crippen molar-refractivity contribution in [1.29, 1.82) is 0 Å². The molecule has 0 bridgehead atoms. The molecule has 1 atom stereocenters. The van der Waals surface area contributed by atoms with Gasteiger partial charge in [-0.2, -0.15) is 26.3 Å². The van der Waals surface area contributed by atoms with Gasteiger partial charge in [-0.3, -0.25) is 4.79 Å². The van der Waals surface area contributed by atoms with Crippen LogP contribution >= 0.6 is 0 Å². The fourth-order valence-electron chi connectivity index (χ4n) is 2.27. The van der Waals surface area contributed by atoms with Gasteiger partial charge in [-0.05, 0) is 38.5 Å². The third-order valence-electron chi connectivity index (χ3n) is 3.68. The van der Waals surface area contributed by atoms with Gasteiger partial charge in [0, 0.05) is 6.08 Å². The summed E-state index contributed by atoms with van der Waals surface area (Å²) in [6.45, 7) is 2.72. The molecule has 1 aromatic rings. The number of allylic oxidation sites excluding steroid dienone is 1. The van der Waals surface area contributed by atoms with E-state index in [1.807, 2.05) is 0 Å². The minimum absolute atomic E-state index is 0.00422. The molecule has 1 rings (SSSR count). The molecule has 1 unspecified atom stereocenters. The van der Waals surface area contributed by atoms with Crippen LogP contribution in [-0.4, -0.2) is 38.8 Å². The van der Waals surface area contributed by atoms with E-state index < -0.39 is 67.9 Å². The van der Waals surface area contributed by atoms with Gasteiger partial charge in [0.2, 0.25) is 0 Å². The molecular weight excluding hydrogens is 458 g/mol. The Morgan fingerprint density at radius 1 is 1.00 bits per heavy atom. The Balaban J connectivity index is 3.62. The van der Waals surface area contributed by atoms with Gasteiger partial charge in [0.1, 0.15) is 0 Å². The highest BCUT2D eigenvalue weighted by Crippen LogP contribution is 2.38. The second-order valence-electron chi connectivity index (χ2n) is 6.42. The van der Waals surface area contributed by atoms with Crippen molar-refractivity contribution < 1.29 is 53.8 Å². The molecule has 0 aromatic heterocycles. The number of sulfone groups is 1. The Morgan fingerprint density at radius 3 is 1.87 bits per heavy atom. The van der Waals surface area contributed by atoms with Crippen LogP contribution < -0.4 is 0 Å². The molecule has 31 heavy (non-hydrogen) atoms. The molecule has 0 saturated heterocycles. The lowest BCUT2D eigenvalue weighted by Crippen LogP contribution is -2.33. The van der Waals surface area contributed by atoms with Crippen LogP contribution in [0.4, 0.5) is 26.3 Å². The summed E-state index contributed by atoms with van der Waals surface area (Å²) in [6.07, 6.45) is -10.5. The lowest BCUT2D eigenvalue weighted by molar-refractivity contribution is -0.147. The van der Waals surface area contributed by atoms with Crippen molar-refractivity contribution in [3.63, 3.8) is 0 Å². The maximum atomic E-state index is 13.1. The van der Waals surface area contributed by atoms with Gasteiger partial charge >= 0.3 is 24.3 Å². The summed E-state index contributed by atoms with van der Waals surface area (Å²) >= 11 is 0. The van der Waals surface area contributed by atoms with Crippen molar-refractivity contribution in [3.05, 3.63) is 41.5 Å². The quantitative estimate of drug-likeness (QED) is 0.337. The van der Waals surface area contributed by atoms with Crippen LogP contribution in [0.2, 0.25) is 0 Å². The number of alkyl halides is 6. The summed E-state index contributed by atoms with van der Waals surface area (Å²) in [5, 5.41) is -2.21. The molecule has 1 aromatic carbocycles. The summed E-state index contributed by atoms with van der Waals surface area (Å²) < 4.78 is 113.